The quantitative estimate of drug-likeness (QED) is 0.569. The van der Waals surface area contributed by atoms with Gasteiger partial charge in [0.1, 0.15) is 12.5 Å². The average Bonchev–Trinajstić information content (AvgIpc) is 2.91. The molecule has 1 aromatic carbocycles. The van der Waals surface area contributed by atoms with E-state index in [2.05, 4.69) is 25.1 Å². The maximum Gasteiger partial charge on any atom is 0.147 e. The smallest absolute Gasteiger partial charge is 0.147 e. The fraction of sp³-hybridized carbons (Fsp3) is 0.684. The molecule has 2 aliphatic rings. The summed E-state index contributed by atoms with van der Waals surface area (Å²) in [6.07, 6.45) is 4.86. The van der Waals surface area contributed by atoms with E-state index in [1.54, 1.807) is 14.2 Å². The molecule has 4 heteroatoms. The summed E-state index contributed by atoms with van der Waals surface area (Å²) in [5.41, 5.74) is 3.15. The summed E-state index contributed by atoms with van der Waals surface area (Å²) in [5, 5.41) is 0. The van der Waals surface area contributed by atoms with Gasteiger partial charge in [0, 0.05) is 12.5 Å². The summed E-state index contributed by atoms with van der Waals surface area (Å²) in [7, 11) is 3.42. The standard InChI is InChI=1S/C19H28O4/c1-19-9-8-14-12-15(21-3)4-5-16(14)17(19)6-7-18(19)23-13-22-11-10-20-2/h4-5,12,17-18H,6-11,13H2,1-3H3/t17-,18-,19-/m1/s1. The molecule has 1 fully saturated rings. The van der Waals surface area contributed by atoms with E-state index in [4.69, 9.17) is 18.9 Å². The molecule has 3 atom stereocenters. The molecule has 1 aromatic rings. The number of ether oxygens (including phenoxy) is 4. The second-order valence-electron chi connectivity index (χ2n) is 6.87. The maximum absolute atomic E-state index is 6.08. The third-order valence-corrected chi connectivity index (χ3v) is 5.69. The molecule has 128 valence electrons. The van der Waals surface area contributed by atoms with Crippen LogP contribution >= 0.6 is 0 Å². The lowest BCUT2D eigenvalue weighted by atomic mass is 9.66. The van der Waals surface area contributed by atoms with Gasteiger partial charge in [-0.15, -0.1) is 0 Å². The fourth-order valence-electron chi connectivity index (χ4n) is 4.32. The van der Waals surface area contributed by atoms with Crippen LogP contribution in [-0.4, -0.2) is 40.3 Å². The van der Waals surface area contributed by atoms with Crippen molar-refractivity contribution in [3.05, 3.63) is 29.3 Å². The summed E-state index contributed by atoms with van der Waals surface area (Å²) in [6, 6.07) is 6.55. The van der Waals surface area contributed by atoms with E-state index >= 15 is 0 Å². The third kappa shape index (κ3) is 3.25. The van der Waals surface area contributed by atoms with Crippen molar-refractivity contribution in [3.8, 4) is 5.75 Å². The molecule has 0 N–H and O–H groups in total. The Morgan fingerprint density at radius 3 is 2.83 bits per heavy atom. The van der Waals surface area contributed by atoms with Gasteiger partial charge in [-0.3, -0.25) is 0 Å². The molecule has 0 aromatic heterocycles. The highest BCUT2D eigenvalue weighted by molar-refractivity contribution is 5.41. The topological polar surface area (TPSA) is 36.9 Å². The lowest BCUT2D eigenvalue weighted by molar-refractivity contribution is -0.127. The summed E-state index contributed by atoms with van der Waals surface area (Å²) in [4.78, 5) is 0. The largest absolute Gasteiger partial charge is 0.497 e. The molecular formula is C19H28O4. The second kappa shape index (κ2) is 7.20. The lowest BCUT2D eigenvalue weighted by Gasteiger charge is -2.41. The molecule has 0 heterocycles. The Morgan fingerprint density at radius 1 is 1.17 bits per heavy atom. The van der Waals surface area contributed by atoms with Crippen LogP contribution in [0.25, 0.3) is 0 Å². The first-order valence-corrected chi connectivity index (χ1v) is 8.54. The highest BCUT2D eigenvalue weighted by Crippen LogP contribution is 2.56. The third-order valence-electron chi connectivity index (χ3n) is 5.69. The summed E-state index contributed by atoms with van der Waals surface area (Å²) in [5.74, 6) is 1.55. The fourth-order valence-corrected chi connectivity index (χ4v) is 4.32. The van der Waals surface area contributed by atoms with E-state index in [-0.39, 0.29) is 11.5 Å². The second-order valence-corrected chi connectivity index (χ2v) is 6.87. The molecule has 23 heavy (non-hydrogen) atoms. The van der Waals surface area contributed by atoms with Crippen molar-refractivity contribution >= 4 is 0 Å². The van der Waals surface area contributed by atoms with E-state index < -0.39 is 0 Å². The van der Waals surface area contributed by atoms with E-state index in [1.165, 1.54) is 24.0 Å². The number of benzene rings is 1. The van der Waals surface area contributed by atoms with Gasteiger partial charge in [-0.25, -0.2) is 0 Å². The normalized spacial score (nSPS) is 29.2. The van der Waals surface area contributed by atoms with Crippen molar-refractivity contribution in [1.29, 1.82) is 0 Å². The molecule has 4 nitrogen and oxygen atoms in total. The minimum Gasteiger partial charge on any atom is -0.497 e. The van der Waals surface area contributed by atoms with Gasteiger partial charge in [0.15, 0.2) is 0 Å². The molecule has 0 aliphatic heterocycles. The van der Waals surface area contributed by atoms with E-state index in [1.807, 2.05) is 0 Å². The average molecular weight is 320 g/mol. The molecule has 0 unspecified atom stereocenters. The maximum atomic E-state index is 6.08. The van der Waals surface area contributed by atoms with Crippen LogP contribution < -0.4 is 4.74 Å². The first-order valence-electron chi connectivity index (χ1n) is 8.54. The highest BCUT2D eigenvalue weighted by atomic mass is 16.7. The van der Waals surface area contributed by atoms with Gasteiger partial charge in [0.25, 0.3) is 0 Å². The van der Waals surface area contributed by atoms with Crippen molar-refractivity contribution in [1.82, 2.24) is 0 Å². The van der Waals surface area contributed by atoms with Gasteiger partial charge in [0.2, 0.25) is 0 Å². The molecule has 3 rings (SSSR count). The van der Waals surface area contributed by atoms with E-state index in [0.29, 0.717) is 25.9 Å². The molecule has 0 radical (unpaired) electrons. The Balaban J connectivity index is 1.66. The Morgan fingerprint density at radius 2 is 2.04 bits per heavy atom. The van der Waals surface area contributed by atoms with E-state index in [9.17, 15) is 0 Å². The number of fused-ring (bicyclic) bond motifs is 3. The van der Waals surface area contributed by atoms with Crippen molar-refractivity contribution < 1.29 is 18.9 Å². The van der Waals surface area contributed by atoms with Gasteiger partial charge < -0.3 is 18.9 Å². The zero-order valence-electron chi connectivity index (χ0n) is 14.5. The molecular weight excluding hydrogens is 292 g/mol. The SMILES string of the molecule is COCCOCO[C@@H]1CC[C@@H]2c3ccc(OC)cc3CC[C@]21C. The molecule has 0 spiro atoms. The van der Waals surface area contributed by atoms with Crippen LogP contribution in [0.1, 0.15) is 43.2 Å². The zero-order valence-corrected chi connectivity index (χ0v) is 14.5. The van der Waals surface area contributed by atoms with Crippen molar-refractivity contribution in [2.45, 2.75) is 44.6 Å². The number of methoxy groups -OCH3 is 2. The predicted octanol–water partition coefficient (Wildman–Crippen LogP) is 3.53. The van der Waals surface area contributed by atoms with Crippen molar-refractivity contribution in [3.63, 3.8) is 0 Å². The first kappa shape index (κ1) is 16.7. The highest BCUT2D eigenvalue weighted by Gasteiger charge is 2.50. The number of hydrogen-bond donors (Lipinski definition) is 0. The summed E-state index contributed by atoms with van der Waals surface area (Å²) < 4.78 is 21.9. The minimum absolute atomic E-state index is 0.214. The Labute approximate surface area is 139 Å². The first-order chi connectivity index (χ1) is 11.2. The number of hydrogen-bond acceptors (Lipinski definition) is 4. The Hall–Kier alpha value is -1.10. The molecule has 0 amide bonds. The van der Waals surface area contributed by atoms with Crippen molar-refractivity contribution in [2.24, 2.45) is 5.41 Å². The summed E-state index contributed by atoms with van der Waals surface area (Å²) >= 11 is 0. The van der Waals surface area contributed by atoms with Crippen LogP contribution in [-0.2, 0) is 20.6 Å². The van der Waals surface area contributed by atoms with Gasteiger partial charge in [-0.05, 0) is 54.9 Å². The Bertz CT molecular complexity index is 530. The van der Waals surface area contributed by atoms with Crippen LogP contribution in [0.15, 0.2) is 18.2 Å². The zero-order chi connectivity index (χ0) is 16.3. The molecule has 1 saturated carbocycles. The van der Waals surface area contributed by atoms with Gasteiger partial charge in [0.05, 0.1) is 26.4 Å². The minimum atomic E-state index is 0.214. The van der Waals surface area contributed by atoms with Crippen LogP contribution in [0.4, 0.5) is 0 Å². The summed E-state index contributed by atoms with van der Waals surface area (Å²) in [6.45, 7) is 3.96. The number of rotatable bonds is 7. The molecule has 0 bridgehead atoms. The van der Waals surface area contributed by atoms with Crippen LogP contribution in [0.2, 0.25) is 0 Å². The van der Waals surface area contributed by atoms with Gasteiger partial charge in [-0.1, -0.05) is 13.0 Å². The predicted molar refractivity (Wildman–Crippen MR) is 89.0 cm³/mol. The lowest BCUT2D eigenvalue weighted by Crippen LogP contribution is -2.37. The monoisotopic (exact) mass is 320 g/mol. The van der Waals surface area contributed by atoms with Crippen LogP contribution in [0.5, 0.6) is 5.75 Å². The van der Waals surface area contributed by atoms with Crippen LogP contribution in [0, 0.1) is 5.41 Å². The van der Waals surface area contributed by atoms with Crippen molar-refractivity contribution in [2.75, 3.05) is 34.2 Å². The van der Waals surface area contributed by atoms with Gasteiger partial charge in [-0.2, -0.15) is 0 Å². The van der Waals surface area contributed by atoms with Crippen LogP contribution in [0.3, 0.4) is 0 Å². The molecule has 2 aliphatic carbocycles. The number of aryl methyl sites for hydroxylation is 1. The molecule has 0 saturated heterocycles. The van der Waals surface area contributed by atoms with Gasteiger partial charge >= 0.3 is 0 Å². The Kier molecular flexibility index (Phi) is 5.24. The van der Waals surface area contributed by atoms with E-state index in [0.717, 1.165) is 18.6 Å².